The lowest BCUT2D eigenvalue weighted by Crippen LogP contribution is -2.30. The molecular weight excluding hydrogens is 206 g/mol. The van der Waals surface area contributed by atoms with E-state index >= 15 is 0 Å². The van der Waals surface area contributed by atoms with Gasteiger partial charge in [-0.25, -0.2) is 0 Å². The molecule has 1 aromatic rings. The number of hydrogen-bond acceptors (Lipinski definition) is 3. The van der Waals surface area contributed by atoms with E-state index in [2.05, 4.69) is 0 Å². The van der Waals surface area contributed by atoms with Gasteiger partial charge in [0.25, 0.3) is 11.7 Å². The Balaban J connectivity index is 3.03. The molecular formula is C12H15NO3. The lowest BCUT2D eigenvalue weighted by Gasteiger charge is -2.11. The van der Waals surface area contributed by atoms with Gasteiger partial charge in [-0.1, -0.05) is 24.3 Å². The predicted molar refractivity (Wildman–Crippen MR) is 60.2 cm³/mol. The molecule has 16 heavy (non-hydrogen) atoms. The van der Waals surface area contributed by atoms with Crippen LogP contribution in [0.5, 0.6) is 0 Å². The number of rotatable bonds is 4. The molecule has 4 heteroatoms. The third-order valence-corrected chi connectivity index (χ3v) is 2.16. The molecule has 0 heterocycles. The van der Waals surface area contributed by atoms with Crippen LogP contribution in [0.25, 0.3) is 0 Å². The Labute approximate surface area is 94.8 Å². The molecule has 0 unspecified atom stereocenters. The SMILES string of the molecule is COCc1ccccc1C(=O)C(=O)N(C)C. The first-order valence-corrected chi connectivity index (χ1v) is 4.90. The van der Waals surface area contributed by atoms with Crippen LogP contribution in [0.3, 0.4) is 0 Å². The highest BCUT2D eigenvalue weighted by Gasteiger charge is 2.20. The number of likely N-dealkylation sites (N-methyl/N-ethyl adjacent to an activating group) is 1. The molecule has 0 N–H and O–H groups in total. The van der Waals surface area contributed by atoms with E-state index in [1.807, 2.05) is 6.07 Å². The minimum atomic E-state index is -0.524. The first-order valence-electron chi connectivity index (χ1n) is 4.90. The topological polar surface area (TPSA) is 46.6 Å². The van der Waals surface area contributed by atoms with Crippen LogP contribution in [-0.4, -0.2) is 37.8 Å². The van der Waals surface area contributed by atoms with Crippen molar-refractivity contribution in [2.24, 2.45) is 0 Å². The molecule has 86 valence electrons. The number of benzene rings is 1. The van der Waals surface area contributed by atoms with Crippen LogP contribution >= 0.6 is 0 Å². The van der Waals surface area contributed by atoms with Gasteiger partial charge in [0.2, 0.25) is 0 Å². The van der Waals surface area contributed by atoms with Crippen molar-refractivity contribution >= 4 is 11.7 Å². The van der Waals surface area contributed by atoms with E-state index in [0.29, 0.717) is 12.2 Å². The Morgan fingerprint density at radius 2 is 1.88 bits per heavy atom. The molecule has 1 amide bonds. The summed E-state index contributed by atoms with van der Waals surface area (Å²) in [5, 5.41) is 0. The number of methoxy groups -OCH3 is 1. The number of carbonyl (C=O) groups excluding carboxylic acids is 2. The molecule has 1 aromatic carbocycles. The quantitative estimate of drug-likeness (QED) is 0.565. The van der Waals surface area contributed by atoms with E-state index in [-0.39, 0.29) is 0 Å². The van der Waals surface area contributed by atoms with Gasteiger partial charge in [-0.15, -0.1) is 0 Å². The summed E-state index contributed by atoms with van der Waals surface area (Å²) in [6.07, 6.45) is 0. The number of carbonyl (C=O) groups is 2. The smallest absolute Gasteiger partial charge is 0.294 e. The zero-order valence-electron chi connectivity index (χ0n) is 9.69. The predicted octanol–water partition coefficient (Wildman–Crippen LogP) is 1.10. The van der Waals surface area contributed by atoms with Gasteiger partial charge in [0.15, 0.2) is 0 Å². The summed E-state index contributed by atoms with van der Waals surface area (Å²) in [7, 11) is 4.66. The summed E-state index contributed by atoms with van der Waals surface area (Å²) in [6.45, 7) is 0.322. The molecule has 0 bridgehead atoms. The fourth-order valence-corrected chi connectivity index (χ4v) is 1.34. The van der Waals surface area contributed by atoms with Gasteiger partial charge >= 0.3 is 0 Å². The molecule has 0 saturated heterocycles. The number of amides is 1. The molecule has 0 aliphatic heterocycles. The van der Waals surface area contributed by atoms with Crippen LogP contribution in [-0.2, 0) is 16.1 Å². The van der Waals surface area contributed by atoms with Crippen LogP contribution in [0.1, 0.15) is 15.9 Å². The van der Waals surface area contributed by atoms with Crippen molar-refractivity contribution in [2.45, 2.75) is 6.61 Å². The summed E-state index contributed by atoms with van der Waals surface area (Å²) in [5.41, 5.74) is 1.13. The fraction of sp³-hybridized carbons (Fsp3) is 0.333. The molecule has 1 rings (SSSR count). The highest BCUT2D eigenvalue weighted by molar-refractivity contribution is 6.42. The average molecular weight is 221 g/mol. The van der Waals surface area contributed by atoms with Crippen molar-refractivity contribution in [1.29, 1.82) is 0 Å². The van der Waals surface area contributed by atoms with Crippen LogP contribution in [0.15, 0.2) is 24.3 Å². The maximum Gasteiger partial charge on any atom is 0.294 e. The van der Waals surface area contributed by atoms with Crippen LogP contribution in [0, 0.1) is 0 Å². The van der Waals surface area contributed by atoms with E-state index in [1.165, 1.54) is 4.90 Å². The summed E-state index contributed by atoms with van der Waals surface area (Å²) in [4.78, 5) is 24.6. The first-order chi connectivity index (χ1) is 7.57. The number of ketones is 1. The molecule has 0 aliphatic rings. The van der Waals surface area contributed by atoms with Crippen LogP contribution in [0.4, 0.5) is 0 Å². The van der Waals surface area contributed by atoms with E-state index in [4.69, 9.17) is 4.74 Å². The monoisotopic (exact) mass is 221 g/mol. The summed E-state index contributed by atoms with van der Waals surface area (Å²) in [6, 6.07) is 6.96. The van der Waals surface area contributed by atoms with Gasteiger partial charge in [0.1, 0.15) is 0 Å². The van der Waals surface area contributed by atoms with Gasteiger partial charge in [-0.05, 0) is 5.56 Å². The van der Waals surface area contributed by atoms with E-state index in [1.54, 1.807) is 39.4 Å². The van der Waals surface area contributed by atoms with E-state index in [0.717, 1.165) is 5.56 Å². The van der Waals surface area contributed by atoms with E-state index in [9.17, 15) is 9.59 Å². The third-order valence-electron chi connectivity index (χ3n) is 2.16. The first kappa shape index (κ1) is 12.4. The molecule has 0 fully saturated rings. The molecule has 4 nitrogen and oxygen atoms in total. The van der Waals surface area contributed by atoms with Crippen molar-refractivity contribution in [3.05, 3.63) is 35.4 Å². The minimum absolute atomic E-state index is 0.322. The summed E-state index contributed by atoms with van der Waals surface area (Å²) >= 11 is 0. The Morgan fingerprint density at radius 3 is 2.44 bits per heavy atom. The van der Waals surface area contributed by atoms with Crippen molar-refractivity contribution < 1.29 is 14.3 Å². The van der Waals surface area contributed by atoms with Crippen LogP contribution in [0.2, 0.25) is 0 Å². The standard InChI is InChI=1S/C12H15NO3/c1-13(2)12(15)11(14)10-7-5-4-6-9(10)8-16-3/h4-7H,8H2,1-3H3. The lowest BCUT2D eigenvalue weighted by atomic mass is 10.0. The van der Waals surface area contributed by atoms with Crippen molar-refractivity contribution in [3.8, 4) is 0 Å². The second-order valence-corrected chi connectivity index (χ2v) is 3.62. The highest BCUT2D eigenvalue weighted by atomic mass is 16.5. The molecule has 0 saturated carbocycles. The van der Waals surface area contributed by atoms with Crippen molar-refractivity contribution in [3.63, 3.8) is 0 Å². The highest BCUT2D eigenvalue weighted by Crippen LogP contribution is 2.11. The molecule has 0 aromatic heterocycles. The van der Waals surface area contributed by atoms with Crippen LogP contribution < -0.4 is 0 Å². The van der Waals surface area contributed by atoms with Crippen molar-refractivity contribution in [1.82, 2.24) is 4.90 Å². The molecule has 0 atom stereocenters. The average Bonchev–Trinajstić information content (AvgIpc) is 2.28. The largest absolute Gasteiger partial charge is 0.380 e. The maximum absolute atomic E-state index is 11.8. The second-order valence-electron chi connectivity index (χ2n) is 3.62. The van der Waals surface area contributed by atoms with Gasteiger partial charge in [-0.3, -0.25) is 9.59 Å². The summed E-state index contributed by atoms with van der Waals surface area (Å²) < 4.78 is 4.98. The van der Waals surface area contributed by atoms with E-state index < -0.39 is 11.7 Å². The Hall–Kier alpha value is -1.68. The third kappa shape index (κ3) is 2.67. The number of nitrogens with zero attached hydrogens (tertiary/aromatic N) is 1. The normalized spacial score (nSPS) is 9.94. The summed E-state index contributed by atoms with van der Waals surface area (Å²) in [5.74, 6) is -1.03. The minimum Gasteiger partial charge on any atom is -0.380 e. The zero-order chi connectivity index (χ0) is 12.1. The van der Waals surface area contributed by atoms with Gasteiger partial charge in [-0.2, -0.15) is 0 Å². The molecule has 0 radical (unpaired) electrons. The zero-order valence-corrected chi connectivity index (χ0v) is 9.69. The lowest BCUT2D eigenvalue weighted by molar-refractivity contribution is -0.124. The second kappa shape index (κ2) is 5.42. The fourth-order valence-electron chi connectivity index (χ4n) is 1.34. The van der Waals surface area contributed by atoms with Gasteiger partial charge < -0.3 is 9.64 Å². The Bertz CT molecular complexity index is 399. The molecule has 0 aliphatic carbocycles. The number of hydrogen-bond donors (Lipinski definition) is 0. The maximum atomic E-state index is 11.8. The Morgan fingerprint density at radius 1 is 1.25 bits per heavy atom. The van der Waals surface area contributed by atoms with Gasteiger partial charge in [0.05, 0.1) is 6.61 Å². The molecule has 0 spiro atoms. The van der Waals surface area contributed by atoms with Crippen molar-refractivity contribution in [2.75, 3.05) is 21.2 Å². The number of ether oxygens (including phenoxy) is 1. The Kier molecular flexibility index (Phi) is 4.19. The number of Topliss-reactive ketones (excluding diaryl/α,β-unsaturated/α-hetero) is 1. The van der Waals surface area contributed by atoms with Gasteiger partial charge in [0, 0.05) is 26.8 Å².